The molecule has 2 rings (SSSR count). The zero-order valence-corrected chi connectivity index (χ0v) is 8.59. The summed E-state index contributed by atoms with van der Waals surface area (Å²) in [6.45, 7) is 4.58. The van der Waals surface area contributed by atoms with Crippen molar-refractivity contribution in [1.82, 2.24) is 0 Å². The quantitative estimate of drug-likeness (QED) is 0.652. The fraction of sp³-hybridized carbons (Fsp3) is 0.538. The summed E-state index contributed by atoms with van der Waals surface area (Å²) in [4.78, 5) is 0. The predicted octanol–water partition coefficient (Wildman–Crippen LogP) is 3.90. The standard InChI is InChI=1S/C13H18/c1-10-5-3-4-6-13(10)11(2)9-12-7-8-12/h3-6,11-12H,7-9H2,1-2H3. The molecule has 0 aliphatic heterocycles. The van der Waals surface area contributed by atoms with Crippen LogP contribution in [0.25, 0.3) is 0 Å². The fourth-order valence-corrected chi connectivity index (χ4v) is 2.12. The van der Waals surface area contributed by atoms with Gasteiger partial charge in [0.1, 0.15) is 0 Å². The van der Waals surface area contributed by atoms with Crippen molar-refractivity contribution in [1.29, 1.82) is 0 Å². The molecule has 1 aliphatic carbocycles. The van der Waals surface area contributed by atoms with Crippen LogP contribution in [-0.2, 0) is 0 Å². The molecule has 0 amide bonds. The van der Waals surface area contributed by atoms with Gasteiger partial charge in [0.2, 0.25) is 0 Å². The third-order valence-corrected chi connectivity index (χ3v) is 3.10. The fourth-order valence-electron chi connectivity index (χ4n) is 2.12. The van der Waals surface area contributed by atoms with Crippen LogP contribution in [-0.4, -0.2) is 0 Å². The molecule has 1 fully saturated rings. The molecule has 0 saturated heterocycles. The van der Waals surface area contributed by atoms with Crippen LogP contribution in [0.2, 0.25) is 0 Å². The number of hydrogen-bond acceptors (Lipinski definition) is 0. The molecule has 1 atom stereocenters. The van der Waals surface area contributed by atoms with Gasteiger partial charge in [-0.05, 0) is 36.3 Å². The first-order valence-electron chi connectivity index (χ1n) is 5.33. The van der Waals surface area contributed by atoms with Gasteiger partial charge >= 0.3 is 0 Å². The Morgan fingerprint density at radius 2 is 2.00 bits per heavy atom. The summed E-state index contributed by atoms with van der Waals surface area (Å²) in [6.07, 6.45) is 4.33. The third-order valence-electron chi connectivity index (χ3n) is 3.10. The van der Waals surface area contributed by atoms with Crippen LogP contribution in [0, 0.1) is 12.8 Å². The minimum atomic E-state index is 0.758. The van der Waals surface area contributed by atoms with E-state index in [1.165, 1.54) is 24.8 Å². The highest BCUT2D eigenvalue weighted by molar-refractivity contribution is 5.28. The van der Waals surface area contributed by atoms with Gasteiger partial charge in [0, 0.05) is 0 Å². The van der Waals surface area contributed by atoms with E-state index in [1.807, 2.05) is 0 Å². The average Bonchev–Trinajstić information content (AvgIpc) is 2.89. The Kier molecular flexibility index (Phi) is 2.39. The molecular weight excluding hydrogens is 156 g/mol. The molecule has 0 radical (unpaired) electrons. The van der Waals surface area contributed by atoms with Crippen LogP contribution in [0.4, 0.5) is 0 Å². The van der Waals surface area contributed by atoms with Crippen molar-refractivity contribution >= 4 is 0 Å². The Morgan fingerprint density at radius 1 is 1.31 bits per heavy atom. The third kappa shape index (κ3) is 2.12. The molecule has 1 aromatic rings. The summed E-state index contributed by atoms with van der Waals surface area (Å²) in [7, 11) is 0. The zero-order valence-electron chi connectivity index (χ0n) is 8.59. The molecule has 0 spiro atoms. The van der Waals surface area contributed by atoms with Gasteiger partial charge in [0.15, 0.2) is 0 Å². The molecule has 0 bridgehead atoms. The van der Waals surface area contributed by atoms with Crippen molar-refractivity contribution in [3.05, 3.63) is 35.4 Å². The van der Waals surface area contributed by atoms with Gasteiger partial charge in [-0.15, -0.1) is 0 Å². The van der Waals surface area contributed by atoms with E-state index in [4.69, 9.17) is 0 Å². The molecule has 0 nitrogen and oxygen atoms in total. The molecule has 1 unspecified atom stereocenters. The summed E-state index contributed by atoms with van der Waals surface area (Å²) in [5, 5.41) is 0. The first kappa shape index (κ1) is 8.80. The van der Waals surface area contributed by atoms with Gasteiger partial charge in [-0.3, -0.25) is 0 Å². The van der Waals surface area contributed by atoms with E-state index in [-0.39, 0.29) is 0 Å². The van der Waals surface area contributed by atoms with E-state index in [9.17, 15) is 0 Å². The summed E-state index contributed by atoms with van der Waals surface area (Å²) in [6, 6.07) is 8.79. The summed E-state index contributed by atoms with van der Waals surface area (Å²) in [5.74, 6) is 1.79. The second kappa shape index (κ2) is 3.53. The Hall–Kier alpha value is -0.780. The lowest BCUT2D eigenvalue weighted by Gasteiger charge is -2.13. The monoisotopic (exact) mass is 174 g/mol. The minimum absolute atomic E-state index is 0.758. The Labute approximate surface area is 81.0 Å². The van der Waals surface area contributed by atoms with Crippen molar-refractivity contribution in [2.45, 2.75) is 39.0 Å². The van der Waals surface area contributed by atoms with Gasteiger partial charge in [-0.2, -0.15) is 0 Å². The molecular formula is C13H18. The average molecular weight is 174 g/mol. The van der Waals surface area contributed by atoms with Gasteiger partial charge in [-0.1, -0.05) is 44.0 Å². The van der Waals surface area contributed by atoms with Crippen molar-refractivity contribution in [2.75, 3.05) is 0 Å². The smallest absolute Gasteiger partial charge is 0.0185 e. The van der Waals surface area contributed by atoms with Crippen molar-refractivity contribution in [3.8, 4) is 0 Å². The SMILES string of the molecule is Cc1ccccc1C(C)CC1CC1. The maximum Gasteiger partial charge on any atom is -0.0185 e. The van der Waals surface area contributed by atoms with E-state index in [0.717, 1.165) is 11.8 Å². The van der Waals surface area contributed by atoms with E-state index in [0.29, 0.717) is 0 Å². The molecule has 0 heterocycles. The van der Waals surface area contributed by atoms with E-state index in [2.05, 4.69) is 38.1 Å². The number of benzene rings is 1. The second-order valence-corrected chi connectivity index (χ2v) is 4.44. The topological polar surface area (TPSA) is 0 Å². The largest absolute Gasteiger partial charge is 0.0620 e. The zero-order chi connectivity index (χ0) is 9.26. The lowest BCUT2D eigenvalue weighted by Crippen LogP contribution is -1.97. The van der Waals surface area contributed by atoms with Crippen LogP contribution in [0.15, 0.2) is 24.3 Å². The highest BCUT2D eigenvalue weighted by atomic mass is 14.3. The Morgan fingerprint density at radius 3 is 2.62 bits per heavy atom. The van der Waals surface area contributed by atoms with Crippen molar-refractivity contribution in [2.24, 2.45) is 5.92 Å². The minimum Gasteiger partial charge on any atom is -0.0620 e. The van der Waals surface area contributed by atoms with Crippen molar-refractivity contribution in [3.63, 3.8) is 0 Å². The van der Waals surface area contributed by atoms with E-state index in [1.54, 1.807) is 5.56 Å². The van der Waals surface area contributed by atoms with Gasteiger partial charge in [0.25, 0.3) is 0 Å². The van der Waals surface area contributed by atoms with Crippen LogP contribution < -0.4 is 0 Å². The van der Waals surface area contributed by atoms with Gasteiger partial charge in [-0.25, -0.2) is 0 Å². The number of hydrogen-bond donors (Lipinski definition) is 0. The summed E-state index contributed by atoms with van der Waals surface area (Å²) < 4.78 is 0. The summed E-state index contributed by atoms with van der Waals surface area (Å²) in [5.41, 5.74) is 3.00. The molecule has 1 saturated carbocycles. The Balaban J connectivity index is 2.09. The molecule has 1 aromatic carbocycles. The van der Waals surface area contributed by atoms with Crippen molar-refractivity contribution < 1.29 is 0 Å². The Bertz CT molecular complexity index is 284. The number of rotatable bonds is 3. The maximum absolute atomic E-state index is 2.36. The van der Waals surface area contributed by atoms with Gasteiger partial charge < -0.3 is 0 Å². The second-order valence-electron chi connectivity index (χ2n) is 4.44. The first-order chi connectivity index (χ1) is 6.27. The lowest BCUT2D eigenvalue weighted by molar-refractivity contribution is 0.616. The highest BCUT2D eigenvalue weighted by Crippen LogP contribution is 2.38. The highest BCUT2D eigenvalue weighted by Gasteiger charge is 2.24. The predicted molar refractivity (Wildman–Crippen MR) is 56.9 cm³/mol. The molecule has 1 aliphatic rings. The van der Waals surface area contributed by atoms with Crippen LogP contribution in [0.1, 0.15) is 43.2 Å². The van der Waals surface area contributed by atoms with Gasteiger partial charge in [0.05, 0.1) is 0 Å². The molecule has 0 heteroatoms. The van der Waals surface area contributed by atoms with E-state index < -0.39 is 0 Å². The number of aryl methyl sites for hydroxylation is 1. The van der Waals surface area contributed by atoms with Crippen LogP contribution in [0.5, 0.6) is 0 Å². The normalized spacial score (nSPS) is 18.6. The molecule has 13 heavy (non-hydrogen) atoms. The molecule has 0 aromatic heterocycles. The lowest BCUT2D eigenvalue weighted by atomic mass is 9.92. The summed E-state index contributed by atoms with van der Waals surface area (Å²) >= 11 is 0. The first-order valence-corrected chi connectivity index (χ1v) is 5.33. The molecule has 70 valence electrons. The van der Waals surface area contributed by atoms with Crippen LogP contribution in [0.3, 0.4) is 0 Å². The maximum atomic E-state index is 2.36. The van der Waals surface area contributed by atoms with Crippen LogP contribution >= 0.6 is 0 Å². The van der Waals surface area contributed by atoms with E-state index >= 15 is 0 Å². The molecule has 0 N–H and O–H groups in total.